The highest BCUT2D eigenvalue weighted by Gasteiger charge is 2.16. The van der Waals surface area contributed by atoms with E-state index in [1.54, 1.807) is 7.11 Å². The summed E-state index contributed by atoms with van der Waals surface area (Å²) in [5.41, 5.74) is 10.3. The molecule has 0 bridgehead atoms. The fraction of sp³-hybridized carbons (Fsp3) is 0.333. The summed E-state index contributed by atoms with van der Waals surface area (Å²) in [6.45, 7) is 3.39. The molecule has 0 unspecified atom stereocenters. The molecule has 0 aliphatic carbocycles. The van der Waals surface area contributed by atoms with Crippen molar-refractivity contribution < 1.29 is 9.47 Å². The molecule has 2 aromatic carbocycles. The van der Waals surface area contributed by atoms with Crippen molar-refractivity contribution in [1.82, 2.24) is 4.98 Å². The van der Waals surface area contributed by atoms with Crippen molar-refractivity contribution in [2.75, 3.05) is 20.3 Å². The smallest absolute Gasteiger partial charge is 0.128 e. The van der Waals surface area contributed by atoms with Crippen LogP contribution in [0.2, 0.25) is 0 Å². The Morgan fingerprint density at radius 3 is 2.68 bits per heavy atom. The molecule has 4 nitrogen and oxygen atoms in total. The van der Waals surface area contributed by atoms with E-state index in [0.29, 0.717) is 6.61 Å². The fourth-order valence-electron chi connectivity index (χ4n) is 3.27. The van der Waals surface area contributed by atoms with E-state index in [1.807, 2.05) is 31.2 Å². The van der Waals surface area contributed by atoms with E-state index in [1.165, 1.54) is 10.9 Å². The number of aryl methyl sites for hydroxylation is 1. The first-order valence-corrected chi connectivity index (χ1v) is 8.89. The van der Waals surface area contributed by atoms with E-state index in [9.17, 15) is 0 Å². The molecule has 1 heterocycles. The second-order valence-corrected chi connectivity index (χ2v) is 6.07. The van der Waals surface area contributed by atoms with Crippen molar-refractivity contribution >= 4 is 10.9 Å². The Bertz CT molecular complexity index is 839. The zero-order valence-corrected chi connectivity index (χ0v) is 15.0. The van der Waals surface area contributed by atoms with Gasteiger partial charge in [0.2, 0.25) is 0 Å². The molecule has 0 amide bonds. The highest BCUT2D eigenvalue weighted by atomic mass is 16.5. The van der Waals surface area contributed by atoms with Crippen LogP contribution in [-0.4, -0.2) is 25.2 Å². The predicted molar refractivity (Wildman–Crippen MR) is 103 cm³/mol. The number of unbranched alkanes of at least 4 members (excludes halogenated alkanes) is 1. The average Bonchev–Trinajstić information content (AvgIpc) is 3.00. The number of para-hydroxylation sites is 1. The number of aromatic amines is 1. The Morgan fingerprint density at radius 2 is 1.92 bits per heavy atom. The summed E-state index contributed by atoms with van der Waals surface area (Å²) >= 11 is 0. The Balaban J connectivity index is 2.14. The van der Waals surface area contributed by atoms with Crippen LogP contribution in [0.5, 0.6) is 11.5 Å². The molecule has 4 heteroatoms. The van der Waals surface area contributed by atoms with Crippen molar-refractivity contribution in [2.45, 2.75) is 26.2 Å². The van der Waals surface area contributed by atoms with Gasteiger partial charge in [-0.05, 0) is 68.6 Å². The zero-order chi connectivity index (χ0) is 17.6. The average molecular weight is 338 g/mol. The zero-order valence-electron chi connectivity index (χ0n) is 15.0. The third kappa shape index (κ3) is 3.64. The lowest BCUT2D eigenvalue weighted by molar-refractivity contribution is 0.340. The monoisotopic (exact) mass is 338 g/mol. The van der Waals surface area contributed by atoms with E-state index < -0.39 is 0 Å². The molecule has 0 saturated heterocycles. The number of nitrogens with one attached hydrogen (secondary N) is 1. The maximum absolute atomic E-state index is 5.70. The van der Waals surface area contributed by atoms with Gasteiger partial charge >= 0.3 is 0 Å². The van der Waals surface area contributed by atoms with E-state index in [4.69, 9.17) is 15.2 Å². The number of hydrogen-bond acceptors (Lipinski definition) is 3. The van der Waals surface area contributed by atoms with Gasteiger partial charge in [0.05, 0.1) is 19.4 Å². The molecule has 0 saturated carbocycles. The minimum Gasteiger partial charge on any atom is -0.496 e. The second-order valence-electron chi connectivity index (χ2n) is 6.07. The molecule has 0 aliphatic rings. The molecule has 0 radical (unpaired) electrons. The van der Waals surface area contributed by atoms with Gasteiger partial charge in [-0.1, -0.05) is 12.1 Å². The maximum Gasteiger partial charge on any atom is 0.128 e. The van der Waals surface area contributed by atoms with Gasteiger partial charge in [-0.2, -0.15) is 0 Å². The van der Waals surface area contributed by atoms with Crippen LogP contribution < -0.4 is 15.2 Å². The molecule has 3 rings (SSSR count). The van der Waals surface area contributed by atoms with Crippen LogP contribution in [0, 0.1) is 0 Å². The van der Waals surface area contributed by atoms with Crippen LogP contribution in [-0.2, 0) is 6.42 Å². The predicted octanol–water partition coefficient (Wildman–Crippen LogP) is 4.52. The van der Waals surface area contributed by atoms with Crippen LogP contribution in [0.3, 0.4) is 0 Å². The van der Waals surface area contributed by atoms with Gasteiger partial charge in [-0.25, -0.2) is 0 Å². The molecule has 0 atom stereocenters. The summed E-state index contributed by atoms with van der Waals surface area (Å²) < 4.78 is 11.3. The van der Waals surface area contributed by atoms with Crippen LogP contribution >= 0.6 is 0 Å². The largest absolute Gasteiger partial charge is 0.496 e. The topological polar surface area (TPSA) is 60.3 Å². The van der Waals surface area contributed by atoms with Crippen molar-refractivity contribution in [2.24, 2.45) is 5.73 Å². The van der Waals surface area contributed by atoms with Gasteiger partial charge in [0.25, 0.3) is 0 Å². The molecule has 0 aliphatic heterocycles. The normalized spacial score (nSPS) is 11.0. The highest BCUT2D eigenvalue weighted by Crippen LogP contribution is 2.37. The van der Waals surface area contributed by atoms with Gasteiger partial charge in [0.1, 0.15) is 11.5 Å². The summed E-state index contributed by atoms with van der Waals surface area (Å²) in [4.78, 5) is 3.58. The summed E-state index contributed by atoms with van der Waals surface area (Å²) in [5, 5.41) is 1.21. The Kier molecular flexibility index (Phi) is 5.61. The first kappa shape index (κ1) is 17.4. The molecule has 0 spiro atoms. The van der Waals surface area contributed by atoms with Crippen LogP contribution in [0.4, 0.5) is 0 Å². The van der Waals surface area contributed by atoms with Crippen LogP contribution in [0.25, 0.3) is 22.2 Å². The molecule has 3 N–H and O–H groups in total. The standard InChI is InChI=1S/C21H26N2O2/c1-3-25-15-11-12-19-18(14-15)16(8-6-7-13-22)21(23-19)17-9-4-5-10-20(17)24-2/h4-5,9-12,14,23H,3,6-8,13,22H2,1-2H3. The second kappa shape index (κ2) is 8.08. The van der Waals surface area contributed by atoms with Crippen molar-refractivity contribution in [3.8, 4) is 22.8 Å². The molecular weight excluding hydrogens is 312 g/mol. The van der Waals surface area contributed by atoms with Crippen molar-refractivity contribution in [3.05, 3.63) is 48.0 Å². The van der Waals surface area contributed by atoms with E-state index in [2.05, 4.69) is 23.2 Å². The molecule has 25 heavy (non-hydrogen) atoms. The molecule has 132 valence electrons. The Labute approximate surface area is 149 Å². The lowest BCUT2D eigenvalue weighted by atomic mass is 9.99. The van der Waals surface area contributed by atoms with E-state index in [0.717, 1.165) is 54.1 Å². The number of H-pyrrole nitrogens is 1. The Hall–Kier alpha value is -2.46. The fourth-order valence-corrected chi connectivity index (χ4v) is 3.27. The van der Waals surface area contributed by atoms with Gasteiger partial charge in [0, 0.05) is 16.5 Å². The van der Waals surface area contributed by atoms with Gasteiger partial charge in [0.15, 0.2) is 0 Å². The van der Waals surface area contributed by atoms with Crippen molar-refractivity contribution in [3.63, 3.8) is 0 Å². The minimum absolute atomic E-state index is 0.664. The molecular formula is C21H26N2O2. The number of nitrogens with two attached hydrogens (primary N) is 1. The van der Waals surface area contributed by atoms with Crippen LogP contribution in [0.1, 0.15) is 25.3 Å². The third-order valence-electron chi connectivity index (χ3n) is 4.45. The van der Waals surface area contributed by atoms with Gasteiger partial charge in [-0.15, -0.1) is 0 Å². The number of hydrogen-bond donors (Lipinski definition) is 2. The highest BCUT2D eigenvalue weighted by molar-refractivity contribution is 5.92. The minimum atomic E-state index is 0.664. The Morgan fingerprint density at radius 1 is 1.08 bits per heavy atom. The SMILES string of the molecule is CCOc1ccc2[nH]c(-c3ccccc3OC)c(CCCCN)c2c1. The molecule has 3 aromatic rings. The number of benzene rings is 2. The first-order valence-electron chi connectivity index (χ1n) is 8.89. The lowest BCUT2D eigenvalue weighted by Gasteiger charge is -2.10. The quantitative estimate of drug-likeness (QED) is 0.594. The molecule has 0 fully saturated rings. The summed E-state index contributed by atoms with van der Waals surface area (Å²) in [5.74, 6) is 1.78. The number of methoxy groups -OCH3 is 1. The number of rotatable bonds is 8. The number of ether oxygens (including phenoxy) is 2. The first-order chi connectivity index (χ1) is 12.3. The van der Waals surface area contributed by atoms with Crippen LogP contribution in [0.15, 0.2) is 42.5 Å². The summed E-state index contributed by atoms with van der Waals surface area (Å²) in [6.07, 6.45) is 3.05. The summed E-state index contributed by atoms with van der Waals surface area (Å²) in [6, 6.07) is 14.4. The number of fused-ring (bicyclic) bond motifs is 1. The molecule has 1 aromatic heterocycles. The van der Waals surface area contributed by atoms with Gasteiger partial charge in [-0.3, -0.25) is 0 Å². The maximum atomic E-state index is 5.70. The summed E-state index contributed by atoms with van der Waals surface area (Å²) in [7, 11) is 1.71. The van der Waals surface area contributed by atoms with Crippen molar-refractivity contribution in [1.29, 1.82) is 0 Å². The van der Waals surface area contributed by atoms with E-state index in [-0.39, 0.29) is 0 Å². The van der Waals surface area contributed by atoms with E-state index >= 15 is 0 Å². The van der Waals surface area contributed by atoms with Gasteiger partial charge < -0.3 is 20.2 Å². The third-order valence-corrected chi connectivity index (χ3v) is 4.45. The lowest BCUT2D eigenvalue weighted by Crippen LogP contribution is -1.99. The number of aromatic nitrogens is 1.